The van der Waals surface area contributed by atoms with Gasteiger partial charge in [-0.2, -0.15) is 0 Å². The Morgan fingerprint density at radius 1 is 1.26 bits per heavy atom. The van der Waals surface area contributed by atoms with Crippen molar-refractivity contribution in [1.29, 1.82) is 0 Å². The molecule has 98 valence electrons. The average molecular weight is 256 g/mol. The van der Waals surface area contributed by atoms with Gasteiger partial charge in [0, 0.05) is 18.3 Å². The molecule has 1 saturated carbocycles. The minimum Gasteiger partial charge on any atom is -0.427 e. The minimum absolute atomic E-state index is 0.0437. The number of ketones is 1. The highest BCUT2D eigenvalue weighted by Gasteiger charge is 2.44. The van der Waals surface area contributed by atoms with Crippen LogP contribution in [0, 0.1) is 24.7 Å². The maximum Gasteiger partial charge on any atom is 0.311 e. The van der Waals surface area contributed by atoms with Crippen molar-refractivity contribution in [3.63, 3.8) is 0 Å². The molecule has 2 aliphatic carbocycles. The van der Waals surface area contributed by atoms with Crippen LogP contribution in [-0.2, 0) is 9.59 Å². The fourth-order valence-electron chi connectivity index (χ4n) is 2.95. The Kier molecular flexibility index (Phi) is 2.97. The van der Waals surface area contributed by atoms with Crippen LogP contribution >= 0.6 is 0 Å². The average Bonchev–Trinajstić information content (AvgIpc) is 2.87. The molecule has 2 aliphatic rings. The van der Waals surface area contributed by atoms with Gasteiger partial charge < -0.3 is 4.74 Å². The molecule has 0 radical (unpaired) electrons. The van der Waals surface area contributed by atoms with Crippen LogP contribution in [0.15, 0.2) is 36.4 Å². The highest BCUT2D eigenvalue weighted by atomic mass is 16.5. The zero-order valence-corrected chi connectivity index (χ0v) is 10.8. The van der Waals surface area contributed by atoms with Gasteiger partial charge in [0.1, 0.15) is 11.5 Å². The number of hydrogen-bond acceptors (Lipinski definition) is 3. The molecule has 1 fully saturated rings. The smallest absolute Gasteiger partial charge is 0.311 e. The lowest BCUT2D eigenvalue weighted by atomic mass is 9.91. The van der Waals surface area contributed by atoms with Gasteiger partial charge in [-0.25, -0.2) is 0 Å². The summed E-state index contributed by atoms with van der Waals surface area (Å²) in [6.45, 7) is 1.98. The molecule has 3 atom stereocenters. The Morgan fingerprint density at radius 2 is 2.00 bits per heavy atom. The largest absolute Gasteiger partial charge is 0.427 e. The Hall–Kier alpha value is -1.90. The number of hydrogen-bond donors (Lipinski definition) is 0. The second-order valence-corrected chi connectivity index (χ2v) is 5.41. The van der Waals surface area contributed by atoms with Gasteiger partial charge in [0.05, 0.1) is 0 Å². The molecule has 3 heteroatoms. The standard InChI is InChI=1S/C16H16O3/c1-10-2-5-13(6-3-10)19-15(17)9-12-8-11-4-7-14(12)16(11)18/h2-7,11-12,14H,8-9H2,1H3. The first kappa shape index (κ1) is 12.2. The summed E-state index contributed by atoms with van der Waals surface area (Å²) < 4.78 is 5.30. The highest BCUT2D eigenvalue weighted by molar-refractivity contribution is 5.92. The first-order chi connectivity index (χ1) is 9.13. The fraction of sp³-hybridized carbons (Fsp3) is 0.375. The zero-order valence-electron chi connectivity index (χ0n) is 10.8. The number of ether oxygens (including phenoxy) is 1. The molecule has 0 saturated heterocycles. The van der Waals surface area contributed by atoms with E-state index in [2.05, 4.69) is 0 Å². The van der Waals surface area contributed by atoms with Crippen LogP contribution in [0.3, 0.4) is 0 Å². The van der Waals surface area contributed by atoms with Gasteiger partial charge in [-0.3, -0.25) is 9.59 Å². The first-order valence-corrected chi connectivity index (χ1v) is 6.63. The van der Waals surface area contributed by atoms with Crippen molar-refractivity contribution in [3.8, 4) is 5.75 Å². The number of aryl methyl sites for hydroxylation is 1. The normalized spacial score (nSPS) is 27.8. The van der Waals surface area contributed by atoms with Crippen molar-refractivity contribution in [2.24, 2.45) is 17.8 Å². The van der Waals surface area contributed by atoms with Crippen LogP contribution in [0.4, 0.5) is 0 Å². The Bertz CT molecular complexity index is 542. The summed E-state index contributed by atoms with van der Waals surface area (Å²) >= 11 is 0. The lowest BCUT2D eigenvalue weighted by molar-refractivity contribution is -0.135. The van der Waals surface area contributed by atoms with E-state index in [1.165, 1.54) is 0 Å². The van der Waals surface area contributed by atoms with E-state index in [1.54, 1.807) is 12.1 Å². The van der Waals surface area contributed by atoms with Gasteiger partial charge in [-0.15, -0.1) is 0 Å². The maximum absolute atomic E-state index is 11.9. The van der Waals surface area contributed by atoms with E-state index in [4.69, 9.17) is 4.74 Å². The summed E-state index contributed by atoms with van der Waals surface area (Å²) in [5.74, 6) is 0.703. The van der Waals surface area contributed by atoms with Crippen LogP contribution in [0.25, 0.3) is 0 Å². The number of carbonyl (C=O) groups is 2. The van der Waals surface area contributed by atoms with Crippen molar-refractivity contribution in [3.05, 3.63) is 42.0 Å². The molecule has 0 aliphatic heterocycles. The third kappa shape index (κ3) is 2.33. The van der Waals surface area contributed by atoms with Crippen LogP contribution in [0.1, 0.15) is 18.4 Å². The summed E-state index contributed by atoms with van der Waals surface area (Å²) in [4.78, 5) is 23.6. The molecule has 3 rings (SSSR count). The van der Waals surface area contributed by atoms with E-state index in [9.17, 15) is 9.59 Å². The SMILES string of the molecule is Cc1ccc(OC(=O)CC2CC3C=CC2C3=O)cc1. The molecule has 0 heterocycles. The lowest BCUT2D eigenvalue weighted by Gasteiger charge is -2.15. The van der Waals surface area contributed by atoms with E-state index in [-0.39, 0.29) is 29.5 Å². The molecule has 0 N–H and O–H groups in total. The second kappa shape index (κ2) is 4.65. The minimum atomic E-state index is -0.248. The van der Waals surface area contributed by atoms with E-state index in [1.807, 2.05) is 31.2 Å². The first-order valence-electron chi connectivity index (χ1n) is 6.63. The summed E-state index contributed by atoms with van der Waals surface area (Å²) in [7, 11) is 0. The van der Waals surface area contributed by atoms with E-state index < -0.39 is 0 Å². The topological polar surface area (TPSA) is 43.4 Å². The Balaban J connectivity index is 1.59. The van der Waals surface area contributed by atoms with Crippen LogP contribution in [0.5, 0.6) is 5.75 Å². The van der Waals surface area contributed by atoms with Crippen molar-refractivity contribution < 1.29 is 14.3 Å². The Labute approximate surface area is 112 Å². The second-order valence-electron chi connectivity index (χ2n) is 5.41. The molecule has 3 nitrogen and oxygen atoms in total. The van der Waals surface area contributed by atoms with E-state index in [0.717, 1.165) is 12.0 Å². The van der Waals surface area contributed by atoms with Crippen LogP contribution in [-0.4, -0.2) is 11.8 Å². The molecular formula is C16H16O3. The van der Waals surface area contributed by atoms with Crippen LogP contribution < -0.4 is 4.74 Å². The molecule has 0 aromatic heterocycles. The number of carbonyl (C=O) groups excluding carboxylic acids is 2. The van der Waals surface area contributed by atoms with Crippen molar-refractivity contribution in [1.82, 2.24) is 0 Å². The van der Waals surface area contributed by atoms with Gasteiger partial charge in [-0.05, 0) is 31.4 Å². The summed E-state index contributed by atoms with van der Waals surface area (Å²) in [6, 6.07) is 7.40. The molecule has 2 bridgehead atoms. The summed E-state index contributed by atoms with van der Waals surface area (Å²) in [5.41, 5.74) is 1.13. The lowest BCUT2D eigenvalue weighted by Crippen LogP contribution is -2.18. The van der Waals surface area contributed by atoms with Crippen LogP contribution in [0.2, 0.25) is 0 Å². The quantitative estimate of drug-likeness (QED) is 0.474. The summed E-state index contributed by atoms with van der Waals surface area (Å²) in [6.07, 6.45) is 5.03. The van der Waals surface area contributed by atoms with Gasteiger partial charge in [0.2, 0.25) is 0 Å². The molecular weight excluding hydrogens is 240 g/mol. The molecule has 1 aromatic carbocycles. The van der Waals surface area contributed by atoms with Crippen molar-refractivity contribution in [2.75, 3.05) is 0 Å². The summed E-state index contributed by atoms with van der Waals surface area (Å²) in [5, 5.41) is 0. The predicted molar refractivity (Wildman–Crippen MR) is 70.7 cm³/mol. The monoisotopic (exact) mass is 256 g/mol. The predicted octanol–water partition coefficient (Wildman–Crippen LogP) is 2.68. The number of Topliss-reactive ketones (excluding diaryl/α,β-unsaturated/α-hetero) is 1. The highest BCUT2D eigenvalue weighted by Crippen LogP contribution is 2.42. The maximum atomic E-state index is 11.9. The number of esters is 1. The number of rotatable bonds is 3. The van der Waals surface area contributed by atoms with Gasteiger partial charge in [0.15, 0.2) is 0 Å². The van der Waals surface area contributed by atoms with Crippen molar-refractivity contribution in [2.45, 2.75) is 19.8 Å². The molecule has 0 amide bonds. The molecule has 19 heavy (non-hydrogen) atoms. The number of fused-ring (bicyclic) bond motifs is 2. The molecule has 0 spiro atoms. The molecule has 1 aromatic rings. The Morgan fingerprint density at radius 3 is 2.58 bits per heavy atom. The zero-order chi connectivity index (χ0) is 13.4. The van der Waals surface area contributed by atoms with Crippen molar-refractivity contribution >= 4 is 11.8 Å². The van der Waals surface area contributed by atoms with Gasteiger partial charge >= 0.3 is 5.97 Å². The van der Waals surface area contributed by atoms with Gasteiger partial charge in [0.25, 0.3) is 0 Å². The van der Waals surface area contributed by atoms with E-state index in [0.29, 0.717) is 12.2 Å². The fourth-order valence-corrected chi connectivity index (χ4v) is 2.95. The third-order valence-electron chi connectivity index (χ3n) is 3.99. The number of benzene rings is 1. The third-order valence-corrected chi connectivity index (χ3v) is 3.99. The molecule has 3 unspecified atom stereocenters. The number of allylic oxidation sites excluding steroid dienone is 2. The van der Waals surface area contributed by atoms with E-state index >= 15 is 0 Å². The van der Waals surface area contributed by atoms with Gasteiger partial charge in [-0.1, -0.05) is 29.8 Å².